The second-order valence-corrected chi connectivity index (χ2v) is 8.74. The van der Waals surface area contributed by atoms with E-state index in [0.29, 0.717) is 11.3 Å². The van der Waals surface area contributed by atoms with Gasteiger partial charge in [0.25, 0.3) is 0 Å². The summed E-state index contributed by atoms with van der Waals surface area (Å²) in [6.07, 6.45) is 3.76. The van der Waals surface area contributed by atoms with Crippen molar-refractivity contribution in [1.29, 1.82) is 0 Å². The number of imidazole rings is 1. The van der Waals surface area contributed by atoms with Gasteiger partial charge in [-0.3, -0.25) is 0 Å². The van der Waals surface area contributed by atoms with Gasteiger partial charge in [0.1, 0.15) is 17.7 Å². The van der Waals surface area contributed by atoms with Crippen molar-refractivity contribution in [3.05, 3.63) is 72.7 Å². The van der Waals surface area contributed by atoms with E-state index in [-0.39, 0.29) is 17.3 Å². The molecule has 2 aromatic carbocycles. The molecule has 2 aromatic heterocycles. The number of fused-ring (bicyclic) bond motifs is 1. The molecule has 0 fully saturated rings. The average Bonchev–Trinajstić information content (AvgIpc) is 3.37. The summed E-state index contributed by atoms with van der Waals surface area (Å²) in [5, 5.41) is 11.0. The Hall–Kier alpha value is -3.01. The smallest absolute Gasteiger partial charge is 0.242 e. The highest BCUT2D eigenvalue weighted by atomic mass is 32.2. The SMILES string of the molecule is CN(CC(O)c1ncc[nH]1)S(=O)(=O)c1ccc(-c2c[nH]c3cc(F)ccc23)cc1. The third kappa shape index (κ3) is 3.67. The van der Waals surface area contributed by atoms with Gasteiger partial charge >= 0.3 is 0 Å². The second kappa shape index (κ2) is 7.43. The number of aromatic amines is 2. The van der Waals surface area contributed by atoms with Crippen LogP contribution in [0.2, 0.25) is 0 Å². The van der Waals surface area contributed by atoms with Crippen molar-refractivity contribution in [1.82, 2.24) is 19.3 Å². The molecule has 9 heteroatoms. The molecule has 7 nitrogen and oxygen atoms in total. The molecule has 0 radical (unpaired) electrons. The topological polar surface area (TPSA) is 102 Å². The summed E-state index contributed by atoms with van der Waals surface area (Å²) in [7, 11) is -2.38. The molecule has 0 aliphatic rings. The average molecular weight is 414 g/mol. The first-order valence-electron chi connectivity index (χ1n) is 8.87. The van der Waals surface area contributed by atoms with Crippen LogP contribution in [0.15, 0.2) is 66.0 Å². The second-order valence-electron chi connectivity index (χ2n) is 6.69. The van der Waals surface area contributed by atoms with E-state index in [1.54, 1.807) is 30.6 Å². The number of hydrogen-bond donors (Lipinski definition) is 3. The normalized spacial score (nSPS) is 13.2. The van der Waals surface area contributed by atoms with Gasteiger partial charge in [0.15, 0.2) is 0 Å². The third-order valence-electron chi connectivity index (χ3n) is 4.78. The predicted octanol–water partition coefficient (Wildman–Crippen LogP) is 3.05. The summed E-state index contributed by atoms with van der Waals surface area (Å²) < 4.78 is 40.1. The Morgan fingerprint density at radius 1 is 1.17 bits per heavy atom. The maximum atomic E-state index is 13.4. The van der Waals surface area contributed by atoms with Crippen molar-refractivity contribution in [2.75, 3.05) is 13.6 Å². The van der Waals surface area contributed by atoms with Crippen molar-refractivity contribution in [3.63, 3.8) is 0 Å². The molecule has 0 aliphatic carbocycles. The number of rotatable bonds is 6. The fourth-order valence-electron chi connectivity index (χ4n) is 3.21. The number of aliphatic hydroxyl groups is 1. The van der Waals surface area contributed by atoms with E-state index >= 15 is 0 Å². The summed E-state index contributed by atoms with van der Waals surface area (Å²) in [6.45, 7) is -0.133. The van der Waals surface area contributed by atoms with Crippen molar-refractivity contribution in [3.8, 4) is 11.1 Å². The Labute approximate surface area is 166 Å². The molecule has 1 unspecified atom stereocenters. The van der Waals surface area contributed by atoms with Gasteiger partial charge in [-0.25, -0.2) is 17.8 Å². The summed E-state index contributed by atoms with van der Waals surface area (Å²) in [5.41, 5.74) is 2.33. The van der Waals surface area contributed by atoms with E-state index in [2.05, 4.69) is 15.0 Å². The minimum Gasteiger partial charge on any atom is -0.384 e. The van der Waals surface area contributed by atoms with Crippen molar-refractivity contribution in [2.24, 2.45) is 0 Å². The van der Waals surface area contributed by atoms with E-state index in [9.17, 15) is 17.9 Å². The van der Waals surface area contributed by atoms with Crippen LogP contribution in [0.25, 0.3) is 22.0 Å². The molecule has 1 atom stereocenters. The van der Waals surface area contributed by atoms with E-state index < -0.39 is 16.1 Å². The Morgan fingerprint density at radius 2 is 1.93 bits per heavy atom. The highest BCUT2D eigenvalue weighted by Gasteiger charge is 2.24. The minimum atomic E-state index is -3.78. The highest BCUT2D eigenvalue weighted by molar-refractivity contribution is 7.89. The monoisotopic (exact) mass is 414 g/mol. The summed E-state index contributed by atoms with van der Waals surface area (Å²) in [4.78, 5) is 9.84. The summed E-state index contributed by atoms with van der Waals surface area (Å²) in [6, 6.07) is 10.9. The van der Waals surface area contributed by atoms with Crippen LogP contribution in [0.1, 0.15) is 11.9 Å². The number of nitrogens with one attached hydrogen (secondary N) is 2. The van der Waals surface area contributed by atoms with Crippen LogP contribution in [0.3, 0.4) is 0 Å². The Morgan fingerprint density at radius 3 is 2.62 bits per heavy atom. The Bertz CT molecular complexity index is 1230. The lowest BCUT2D eigenvalue weighted by Gasteiger charge is -2.19. The van der Waals surface area contributed by atoms with Crippen molar-refractivity contribution in [2.45, 2.75) is 11.0 Å². The van der Waals surface area contributed by atoms with Gasteiger partial charge in [0.05, 0.1) is 4.90 Å². The van der Waals surface area contributed by atoms with Crippen LogP contribution in [0, 0.1) is 5.82 Å². The number of halogens is 1. The lowest BCUT2D eigenvalue weighted by Crippen LogP contribution is -2.31. The lowest BCUT2D eigenvalue weighted by molar-refractivity contribution is 0.147. The van der Waals surface area contributed by atoms with Crippen molar-refractivity contribution >= 4 is 20.9 Å². The van der Waals surface area contributed by atoms with Gasteiger partial charge in [-0.2, -0.15) is 4.31 Å². The largest absolute Gasteiger partial charge is 0.384 e. The van der Waals surface area contributed by atoms with Gasteiger partial charge in [0.2, 0.25) is 10.0 Å². The third-order valence-corrected chi connectivity index (χ3v) is 6.62. The number of sulfonamides is 1. The molecule has 2 heterocycles. The highest BCUT2D eigenvalue weighted by Crippen LogP contribution is 2.30. The van der Waals surface area contributed by atoms with E-state index in [1.807, 2.05) is 0 Å². The molecular weight excluding hydrogens is 395 g/mol. The van der Waals surface area contributed by atoms with Crippen LogP contribution >= 0.6 is 0 Å². The first-order chi connectivity index (χ1) is 13.9. The molecule has 0 spiro atoms. The molecule has 0 amide bonds. The van der Waals surface area contributed by atoms with E-state index in [1.165, 1.54) is 37.5 Å². The summed E-state index contributed by atoms with van der Waals surface area (Å²) in [5.74, 6) is -0.0229. The first-order valence-corrected chi connectivity index (χ1v) is 10.3. The van der Waals surface area contributed by atoms with Crippen LogP contribution < -0.4 is 0 Å². The van der Waals surface area contributed by atoms with Gasteiger partial charge in [-0.05, 0) is 35.9 Å². The first kappa shape index (κ1) is 19.3. The Kier molecular flexibility index (Phi) is 4.95. The molecule has 0 bridgehead atoms. The zero-order valence-electron chi connectivity index (χ0n) is 15.5. The molecule has 150 valence electrons. The lowest BCUT2D eigenvalue weighted by atomic mass is 10.1. The van der Waals surface area contributed by atoms with Crippen molar-refractivity contribution < 1.29 is 17.9 Å². The zero-order chi connectivity index (χ0) is 20.6. The quantitative estimate of drug-likeness (QED) is 0.451. The van der Waals surface area contributed by atoms with E-state index in [0.717, 1.165) is 20.8 Å². The maximum Gasteiger partial charge on any atom is 0.242 e. The molecule has 0 saturated heterocycles. The van der Waals surface area contributed by atoms with Gasteiger partial charge in [-0.15, -0.1) is 0 Å². The number of aliphatic hydroxyl groups excluding tert-OH is 1. The number of likely N-dealkylation sites (N-methyl/N-ethyl adjacent to an activating group) is 1. The van der Waals surface area contributed by atoms with Gasteiger partial charge in [-0.1, -0.05) is 12.1 Å². The standard InChI is InChI=1S/C20H19FN4O3S/c1-25(12-19(26)20-22-8-9-23-20)29(27,28)15-5-2-13(3-6-15)17-11-24-18-10-14(21)4-7-16(17)18/h2-11,19,24,26H,12H2,1H3,(H,22,23). The van der Waals surface area contributed by atoms with Gasteiger partial charge < -0.3 is 15.1 Å². The fourth-order valence-corrected chi connectivity index (χ4v) is 4.39. The molecule has 3 N–H and O–H groups in total. The zero-order valence-corrected chi connectivity index (χ0v) is 16.3. The number of H-pyrrole nitrogens is 2. The maximum absolute atomic E-state index is 13.4. The molecule has 0 saturated carbocycles. The molecular formula is C20H19FN4O3S. The van der Waals surface area contributed by atoms with Crippen LogP contribution in [-0.2, 0) is 10.0 Å². The predicted molar refractivity (Wildman–Crippen MR) is 107 cm³/mol. The molecule has 29 heavy (non-hydrogen) atoms. The van der Waals surface area contributed by atoms with Crippen LogP contribution in [0.5, 0.6) is 0 Å². The molecule has 4 rings (SSSR count). The van der Waals surface area contributed by atoms with Crippen LogP contribution in [0.4, 0.5) is 4.39 Å². The molecule has 0 aliphatic heterocycles. The fraction of sp³-hybridized carbons (Fsp3) is 0.150. The van der Waals surface area contributed by atoms with Crippen LogP contribution in [-0.4, -0.2) is 46.4 Å². The number of aromatic nitrogens is 3. The number of benzene rings is 2. The van der Waals surface area contributed by atoms with Gasteiger partial charge in [0, 0.05) is 48.6 Å². The van der Waals surface area contributed by atoms with E-state index in [4.69, 9.17) is 0 Å². The number of hydrogen-bond acceptors (Lipinski definition) is 4. The summed E-state index contributed by atoms with van der Waals surface area (Å²) >= 11 is 0. The molecule has 4 aromatic rings. The Balaban J connectivity index is 1.57. The number of nitrogens with zero attached hydrogens (tertiary/aromatic N) is 2. The minimum absolute atomic E-state index is 0.112.